The predicted molar refractivity (Wildman–Crippen MR) is 137 cm³/mol. The third kappa shape index (κ3) is 4.64. The van der Waals surface area contributed by atoms with Crippen LogP contribution in [-0.4, -0.2) is 65.8 Å². The molecule has 5 rings (SSSR count). The van der Waals surface area contributed by atoms with E-state index in [1.807, 2.05) is 17.0 Å². The minimum atomic E-state index is -3.41. The van der Waals surface area contributed by atoms with Gasteiger partial charge >= 0.3 is 5.56 Å². The van der Waals surface area contributed by atoms with Crippen molar-refractivity contribution in [2.45, 2.75) is 31.6 Å². The summed E-state index contributed by atoms with van der Waals surface area (Å²) in [5.41, 5.74) is 1.34. The highest BCUT2D eigenvalue weighted by Crippen LogP contribution is 2.31. The van der Waals surface area contributed by atoms with E-state index in [2.05, 4.69) is 5.10 Å². The van der Waals surface area contributed by atoms with Crippen LogP contribution in [0.2, 0.25) is 0 Å². The fourth-order valence-electron chi connectivity index (χ4n) is 4.68. The van der Waals surface area contributed by atoms with Gasteiger partial charge in [-0.05, 0) is 37.6 Å². The Morgan fingerprint density at radius 2 is 1.76 bits per heavy atom. The first-order chi connectivity index (χ1) is 17.7. The fourth-order valence-corrected chi connectivity index (χ4v) is 5.95. The molecule has 0 spiro atoms. The summed E-state index contributed by atoms with van der Waals surface area (Å²) >= 11 is 0. The third-order valence-electron chi connectivity index (χ3n) is 6.74. The summed E-state index contributed by atoms with van der Waals surface area (Å²) in [5.74, 6) is -0.824. The number of nitrogens with zero attached hydrogens (tertiary/aromatic N) is 4. The van der Waals surface area contributed by atoms with Crippen molar-refractivity contribution in [2.24, 2.45) is 0 Å². The van der Waals surface area contributed by atoms with Gasteiger partial charge in [-0.15, -0.1) is 0 Å². The maximum atomic E-state index is 13.9. The van der Waals surface area contributed by atoms with Gasteiger partial charge in [0.1, 0.15) is 11.5 Å². The Balaban J connectivity index is 1.50. The first kappa shape index (κ1) is 25.1. The van der Waals surface area contributed by atoms with Crippen LogP contribution in [0.4, 0.5) is 10.1 Å². The zero-order valence-electron chi connectivity index (χ0n) is 20.5. The number of hydrogen-bond donors (Lipinski definition) is 0. The van der Waals surface area contributed by atoms with Crippen LogP contribution >= 0.6 is 0 Å². The summed E-state index contributed by atoms with van der Waals surface area (Å²) in [4.78, 5) is 28.5. The first-order valence-electron chi connectivity index (χ1n) is 12.1. The summed E-state index contributed by atoms with van der Waals surface area (Å²) in [6.45, 7) is 4.38. The number of piperazine rings is 1. The molecule has 1 unspecified atom stereocenters. The van der Waals surface area contributed by atoms with Crippen molar-refractivity contribution in [3.63, 3.8) is 0 Å². The molecule has 2 heterocycles. The van der Waals surface area contributed by atoms with Crippen LogP contribution in [0, 0.1) is 5.82 Å². The lowest BCUT2D eigenvalue weighted by Crippen LogP contribution is -2.51. The zero-order valence-corrected chi connectivity index (χ0v) is 21.3. The molecule has 9 nitrogen and oxygen atoms in total. The normalized spacial score (nSPS) is 18.3. The number of hydrogen-bond acceptors (Lipinski definition) is 7. The lowest BCUT2D eigenvalue weighted by Gasteiger charge is -2.36. The first-order valence-corrected chi connectivity index (χ1v) is 13.6. The molecule has 0 radical (unpaired) electrons. The van der Waals surface area contributed by atoms with Crippen LogP contribution in [0.1, 0.15) is 29.8 Å². The molecule has 1 aliphatic carbocycles. The predicted octanol–water partition coefficient (Wildman–Crippen LogP) is 2.42. The van der Waals surface area contributed by atoms with Crippen LogP contribution in [-0.2, 0) is 16.4 Å². The molecule has 11 heteroatoms. The number of carbonyl (C=O) groups excluding carboxylic acids is 1. The van der Waals surface area contributed by atoms with Crippen LogP contribution < -0.4 is 15.2 Å². The van der Waals surface area contributed by atoms with E-state index in [0.29, 0.717) is 30.8 Å². The molecular weight excluding hydrogens is 499 g/mol. The number of ketones is 1. The second-order valence-corrected chi connectivity index (χ2v) is 11.9. The van der Waals surface area contributed by atoms with Crippen molar-refractivity contribution in [1.29, 1.82) is 0 Å². The largest absolute Gasteiger partial charge is 0.474 e. The van der Waals surface area contributed by atoms with Gasteiger partial charge in [0.25, 0.3) is 0 Å². The van der Waals surface area contributed by atoms with E-state index >= 15 is 0 Å². The Kier molecular flexibility index (Phi) is 6.59. The van der Waals surface area contributed by atoms with Crippen LogP contribution in [0.25, 0.3) is 5.69 Å². The number of carbonyl (C=O) groups is 1. The molecule has 0 N–H and O–H groups in total. The molecule has 2 aliphatic rings. The average molecular weight is 527 g/mol. The number of benzene rings is 2. The lowest BCUT2D eigenvalue weighted by atomic mass is 10.1. The van der Waals surface area contributed by atoms with Gasteiger partial charge in [0.15, 0.2) is 6.10 Å². The van der Waals surface area contributed by atoms with E-state index in [1.165, 1.54) is 28.7 Å². The van der Waals surface area contributed by atoms with Crippen molar-refractivity contribution in [3.8, 4) is 11.4 Å². The van der Waals surface area contributed by atoms with Gasteiger partial charge in [0.2, 0.25) is 21.6 Å². The molecule has 0 amide bonds. The monoisotopic (exact) mass is 526 g/mol. The van der Waals surface area contributed by atoms with E-state index in [9.17, 15) is 22.4 Å². The number of rotatable bonds is 6. The Bertz CT molecular complexity index is 1510. The fraction of sp³-hybridized carbons (Fsp3) is 0.346. The van der Waals surface area contributed by atoms with Gasteiger partial charge in [0.05, 0.1) is 17.1 Å². The van der Waals surface area contributed by atoms with E-state index in [0.717, 1.165) is 10.2 Å². The van der Waals surface area contributed by atoms with Crippen molar-refractivity contribution in [2.75, 3.05) is 31.1 Å². The quantitative estimate of drug-likeness (QED) is 0.486. The van der Waals surface area contributed by atoms with Gasteiger partial charge in [0, 0.05) is 38.2 Å². The number of fused-ring (bicyclic) bond motifs is 1. The van der Waals surface area contributed by atoms with Gasteiger partial charge in [-0.3, -0.25) is 9.59 Å². The molecule has 1 fully saturated rings. The highest BCUT2D eigenvalue weighted by Gasteiger charge is 2.35. The minimum Gasteiger partial charge on any atom is -0.474 e. The second kappa shape index (κ2) is 9.71. The van der Waals surface area contributed by atoms with Crippen molar-refractivity contribution in [1.82, 2.24) is 14.1 Å². The molecule has 1 atom stereocenters. The molecule has 0 saturated carbocycles. The standard InChI is InChI=1S/C26H27FN4O5S/c1-17(2)37(34,35)30-12-10-29(11-13-30)22-16-28-31(20-8-5-7-19(27)15-20)26(33)25(22)36-23-14-18-6-3-4-9-21(18)24(23)32/h3-9,15-17,23H,10-14H2,1-2H3. The molecule has 2 aromatic carbocycles. The maximum Gasteiger partial charge on any atom is 0.316 e. The number of anilines is 1. The van der Waals surface area contributed by atoms with E-state index in [1.54, 1.807) is 32.0 Å². The molecule has 0 bridgehead atoms. The topological polar surface area (TPSA) is 102 Å². The van der Waals surface area contributed by atoms with Crippen molar-refractivity contribution >= 4 is 21.5 Å². The van der Waals surface area contributed by atoms with Gasteiger partial charge < -0.3 is 9.64 Å². The molecule has 3 aromatic rings. The smallest absolute Gasteiger partial charge is 0.316 e. The summed E-state index contributed by atoms with van der Waals surface area (Å²) in [6, 6.07) is 12.7. The van der Waals surface area contributed by atoms with Crippen LogP contribution in [0.15, 0.2) is 59.5 Å². The molecule has 1 aromatic heterocycles. The third-order valence-corrected chi connectivity index (χ3v) is 9.02. The van der Waals surface area contributed by atoms with E-state index in [-0.39, 0.29) is 30.3 Å². The molecule has 1 aliphatic heterocycles. The summed E-state index contributed by atoms with van der Waals surface area (Å²) < 4.78 is 47.7. The summed E-state index contributed by atoms with van der Waals surface area (Å²) in [5, 5.41) is 3.72. The van der Waals surface area contributed by atoms with Crippen molar-refractivity contribution in [3.05, 3.63) is 82.0 Å². The van der Waals surface area contributed by atoms with Gasteiger partial charge in [-0.25, -0.2) is 12.8 Å². The number of Topliss-reactive ketones (excluding diaryl/α,β-unsaturated/α-hetero) is 1. The molecule has 1 saturated heterocycles. The highest BCUT2D eigenvalue weighted by molar-refractivity contribution is 7.89. The summed E-state index contributed by atoms with van der Waals surface area (Å²) in [6.07, 6.45) is 0.868. The second-order valence-electron chi connectivity index (χ2n) is 9.37. The number of halogens is 1. The Morgan fingerprint density at radius 3 is 2.43 bits per heavy atom. The van der Waals surface area contributed by atoms with Crippen LogP contribution in [0.3, 0.4) is 0 Å². The van der Waals surface area contributed by atoms with Crippen LogP contribution in [0.5, 0.6) is 5.75 Å². The SMILES string of the molecule is CC(C)S(=O)(=O)N1CCN(c2cnn(-c3cccc(F)c3)c(=O)c2OC2Cc3ccccc3C2=O)CC1. The number of sulfonamides is 1. The highest BCUT2D eigenvalue weighted by atomic mass is 32.2. The Labute approximate surface area is 214 Å². The molecular formula is C26H27FN4O5S. The summed E-state index contributed by atoms with van der Waals surface area (Å²) in [7, 11) is -3.41. The molecule has 37 heavy (non-hydrogen) atoms. The van der Waals surface area contributed by atoms with E-state index < -0.39 is 32.8 Å². The molecule has 194 valence electrons. The average Bonchev–Trinajstić information content (AvgIpc) is 3.20. The maximum absolute atomic E-state index is 13.9. The number of ether oxygens (including phenoxy) is 1. The Morgan fingerprint density at radius 1 is 1.03 bits per heavy atom. The van der Waals surface area contributed by atoms with E-state index in [4.69, 9.17) is 4.74 Å². The number of aromatic nitrogens is 2. The lowest BCUT2D eigenvalue weighted by molar-refractivity contribution is 0.0818. The van der Waals surface area contributed by atoms with Gasteiger partial charge in [-0.2, -0.15) is 14.1 Å². The van der Waals surface area contributed by atoms with Gasteiger partial charge in [-0.1, -0.05) is 30.3 Å². The zero-order chi connectivity index (χ0) is 26.3. The Hall–Kier alpha value is -3.57. The van der Waals surface area contributed by atoms with Crippen molar-refractivity contribution < 1.29 is 22.3 Å². The minimum absolute atomic E-state index is 0.0782.